The largest absolute Gasteiger partial charge is 0.452 e. The first-order valence-electron chi connectivity index (χ1n) is 8.24. The van der Waals surface area contributed by atoms with Crippen molar-refractivity contribution >= 4 is 33.5 Å². The van der Waals surface area contributed by atoms with Crippen molar-refractivity contribution in [2.75, 3.05) is 37.7 Å². The van der Waals surface area contributed by atoms with Gasteiger partial charge in [-0.2, -0.15) is 0 Å². The van der Waals surface area contributed by atoms with Crippen molar-refractivity contribution in [2.24, 2.45) is 0 Å². The zero-order valence-corrected chi connectivity index (χ0v) is 15.6. The van der Waals surface area contributed by atoms with Crippen LogP contribution in [0.25, 0.3) is 0 Å². The molecule has 1 fully saturated rings. The molecule has 1 aliphatic rings. The molecule has 0 radical (unpaired) electrons. The minimum atomic E-state index is -0.532. The van der Waals surface area contributed by atoms with E-state index in [2.05, 4.69) is 15.9 Å². The van der Waals surface area contributed by atoms with Crippen molar-refractivity contribution in [3.05, 3.63) is 64.4 Å². The molecule has 1 heterocycles. The highest BCUT2D eigenvalue weighted by Crippen LogP contribution is 2.20. The molecular weight excluding hydrogens is 403 g/mol. The van der Waals surface area contributed by atoms with E-state index in [1.54, 1.807) is 47.4 Å². The summed E-state index contributed by atoms with van der Waals surface area (Å²) in [4.78, 5) is 27.7. The van der Waals surface area contributed by atoms with E-state index in [9.17, 15) is 14.0 Å². The number of esters is 1. The Morgan fingerprint density at radius 1 is 1.00 bits per heavy atom. The van der Waals surface area contributed by atoms with Gasteiger partial charge in [0.05, 0.1) is 11.3 Å². The van der Waals surface area contributed by atoms with Crippen molar-refractivity contribution in [1.82, 2.24) is 4.90 Å². The van der Waals surface area contributed by atoms with Crippen molar-refractivity contribution in [2.45, 2.75) is 0 Å². The molecule has 1 aliphatic heterocycles. The standard InChI is InChI=1S/C19H18BrFN2O3/c20-15-7-5-14(6-8-15)19(25)26-13-18(24)23-11-9-22(10-12-23)17-4-2-1-3-16(17)21/h1-8H,9-13H2. The smallest absolute Gasteiger partial charge is 0.338 e. The number of carbonyl (C=O) groups is 2. The number of piperazine rings is 1. The van der Waals surface area contributed by atoms with Gasteiger partial charge in [0, 0.05) is 30.7 Å². The summed E-state index contributed by atoms with van der Waals surface area (Å²) in [7, 11) is 0. The summed E-state index contributed by atoms with van der Waals surface area (Å²) in [6.07, 6.45) is 0. The Hall–Kier alpha value is -2.41. The Morgan fingerprint density at radius 3 is 2.31 bits per heavy atom. The number of hydrogen-bond acceptors (Lipinski definition) is 4. The molecule has 3 rings (SSSR count). The first kappa shape index (κ1) is 18.4. The van der Waals surface area contributed by atoms with E-state index >= 15 is 0 Å². The summed E-state index contributed by atoms with van der Waals surface area (Å²) in [6, 6.07) is 13.3. The first-order valence-corrected chi connectivity index (χ1v) is 9.04. The van der Waals surface area contributed by atoms with Gasteiger partial charge in [0.1, 0.15) is 5.82 Å². The van der Waals surface area contributed by atoms with Gasteiger partial charge in [0.2, 0.25) is 0 Å². The predicted octanol–water partition coefficient (Wildman–Crippen LogP) is 3.09. The van der Waals surface area contributed by atoms with E-state index in [1.807, 2.05) is 4.90 Å². The average Bonchev–Trinajstić information content (AvgIpc) is 2.67. The van der Waals surface area contributed by atoms with E-state index < -0.39 is 5.97 Å². The highest BCUT2D eigenvalue weighted by Gasteiger charge is 2.23. The zero-order valence-electron chi connectivity index (χ0n) is 14.0. The predicted molar refractivity (Wildman–Crippen MR) is 99.6 cm³/mol. The van der Waals surface area contributed by atoms with Crippen LogP contribution in [0.3, 0.4) is 0 Å². The van der Waals surface area contributed by atoms with Crippen molar-refractivity contribution < 1.29 is 18.7 Å². The third kappa shape index (κ3) is 4.40. The Balaban J connectivity index is 1.48. The molecule has 2 aromatic rings. The average molecular weight is 421 g/mol. The number of ether oxygens (including phenoxy) is 1. The number of amides is 1. The molecule has 7 heteroatoms. The van der Waals surface area contributed by atoms with E-state index in [0.29, 0.717) is 37.4 Å². The highest BCUT2D eigenvalue weighted by atomic mass is 79.9. The third-order valence-electron chi connectivity index (χ3n) is 4.23. The van der Waals surface area contributed by atoms with Gasteiger partial charge in [-0.25, -0.2) is 9.18 Å². The van der Waals surface area contributed by atoms with E-state index in [4.69, 9.17) is 4.74 Å². The van der Waals surface area contributed by atoms with Crippen LogP contribution < -0.4 is 4.90 Å². The lowest BCUT2D eigenvalue weighted by atomic mass is 10.2. The van der Waals surface area contributed by atoms with Crippen molar-refractivity contribution in [1.29, 1.82) is 0 Å². The Labute approximate surface area is 159 Å². The second-order valence-electron chi connectivity index (χ2n) is 5.90. The summed E-state index contributed by atoms with van der Waals surface area (Å²) in [5, 5.41) is 0. The first-order chi connectivity index (χ1) is 12.5. The molecule has 0 unspecified atom stereocenters. The minimum Gasteiger partial charge on any atom is -0.452 e. The second-order valence-corrected chi connectivity index (χ2v) is 6.82. The van der Waals surface area contributed by atoms with Gasteiger partial charge in [0.15, 0.2) is 6.61 Å². The molecule has 0 spiro atoms. The minimum absolute atomic E-state index is 0.247. The number of rotatable bonds is 4. The van der Waals surface area contributed by atoms with Gasteiger partial charge in [-0.05, 0) is 36.4 Å². The molecule has 0 atom stereocenters. The maximum Gasteiger partial charge on any atom is 0.338 e. The van der Waals surface area contributed by atoms with Crippen LogP contribution in [0.1, 0.15) is 10.4 Å². The molecule has 1 saturated heterocycles. The molecule has 0 aromatic heterocycles. The Kier molecular flexibility index (Phi) is 5.88. The monoisotopic (exact) mass is 420 g/mol. The lowest BCUT2D eigenvalue weighted by Gasteiger charge is -2.36. The summed E-state index contributed by atoms with van der Waals surface area (Å²) in [5.74, 6) is -1.05. The fraction of sp³-hybridized carbons (Fsp3) is 0.263. The van der Waals surface area contributed by atoms with Crippen LogP contribution in [-0.4, -0.2) is 49.6 Å². The molecule has 136 valence electrons. The summed E-state index contributed by atoms with van der Waals surface area (Å²) in [5.41, 5.74) is 0.937. The van der Waals surface area contributed by atoms with Gasteiger partial charge >= 0.3 is 5.97 Å². The summed E-state index contributed by atoms with van der Waals surface area (Å²) >= 11 is 3.29. The van der Waals surface area contributed by atoms with Crippen LogP contribution in [0.4, 0.5) is 10.1 Å². The number of nitrogens with zero attached hydrogens (tertiary/aromatic N) is 2. The lowest BCUT2D eigenvalue weighted by molar-refractivity contribution is -0.134. The summed E-state index contributed by atoms with van der Waals surface area (Å²) < 4.78 is 19.8. The fourth-order valence-corrected chi connectivity index (χ4v) is 3.06. The quantitative estimate of drug-likeness (QED) is 0.713. The van der Waals surface area contributed by atoms with Gasteiger partial charge in [-0.3, -0.25) is 4.79 Å². The van der Waals surface area contributed by atoms with Crippen molar-refractivity contribution in [3.63, 3.8) is 0 Å². The van der Waals surface area contributed by atoms with Gasteiger partial charge in [-0.1, -0.05) is 28.1 Å². The topological polar surface area (TPSA) is 49.9 Å². The number of anilines is 1. The van der Waals surface area contributed by atoms with Crippen molar-refractivity contribution in [3.8, 4) is 0 Å². The van der Waals surface area contributed by atoms with Gasteiger partial charge in [-0.15, -0.1) is 0 Å². The number of halogens is 2. The highest BCUT2D eigenvalue weighted by molar-refractivity contribution is 9.10. The normalized spacial score (nSPS) is 14.2. The lowest BCUT2D eigenvalue weighted by Crippen LogP contribution is -2.50. The Bertz CT molecular complexity index is 790. The third-order valence-corrected chi connectivity index (χ3v) is 4.76. The van der Waals surface area contributed by atoms with Gasteiger partial charge < -0.3 is 14.5 Å². The van der Waals surface area contributed by atoms with E-state index in [-0.39, 0.29) is 18.3 Å². The van der Waals surface area contributed by atoms with Crippen LogP contribution in [0.5, 0.6) is 0 Å². The number of benzene rings is 2. The van der Waals surface area contributed by atoms with Crippen LogP contribution in [-0.2, 0) is 9.53 Å². The molecule has 0 aliphatic carbocycles. The summed E-state index contributed by atoms with van der Waals surface area (Å²) in [6.45, 7) is 1.70. The maximum atomic E-state index is 13.8. The molecule has 2 aromatic carbocycles. The molecule has 26 heavy (non-hydrogen) atoms. The SMILES string of the molecule is O=C(OCC(=O)N1CCN(c2ccccc2F)CC1)c1ccc(Br)cc1. The van der Waals surface area contributed by atoms with E-state index in [1.165, 1.54) is 6.07 Å². The maximum absolute atomic E-state index is 13.8. The van der Waals surface area contributed by atoms with Crippen LogP contribution in [0.2, 0.25) is 0 Å². The number of carbonyl (C=O) groups excluding carboxylic acids is 2. The molecular formula is C19H18BrFN2O3. The number of hydrogen-bond donors (Lipinski definition) is 0. The Morgan fingerprint density at radius 2 is 1.65 bits per heavy atom. The molecule has 0 bridgehead atoms. The second kappa shape index (κ2) is 8.31. The molecule has 0 N–H and O–H groups in total. The number of para-hydroxylation sites is 1. The van der Waals surface area contributed by atoms with E-state index in [0.717, 1.165) is 4.47 Å². The fourth-order valence-electron chi connectivity index (χ4n) is 2.79. The van der Waals surface area contributed by atoms with Crippen LogP contribution in [0.15, 0.2) is 53.0 Å². The molecule has 0 saturated carbocycles. The molecule has 1 amide bonds. The molecule has 5 nitrogen and oxygen atoms in total. The zero-order chi connectivity index (χ0) is 18.5. The van der Waals surface area contributed by atoms with Crippen LogP contribution in [0, 0.1) is 5.82 Å². The van der Waals surface area contributed by atoms with Gasteiger partial charge in [0.25, 0.3) is 5.91 Å². The van der Waals surface area contributed by atoms with Crippen LogP contribution >= 0.6 is 15.9 Å².